The standard InChI is InChI=1S/C21H21F3N6O2/c22-21(23,24)15-4-5-18(29-9-11-32-12-10-29)17(13-15)26-20(31)27-19-6-8-30(28-19)14-16-3-1-2-7-25-16/h1-8,13H,9-12,14H2,(H2,26,27,28,31). The number of benzene rings is 1. The van der Waals surface area contributed by atoms with Gasteiger partial charge in [0, 0.05) is 31.5 Å². The van der Waals surface area contributed by atoms with Crippen molar-refractivity contribution < 1.29 is 22.7 Å². The van der Waals surface area contributed by atoms with Gasteiger partial charge >= 0.3 is 12.2 Å². The van der Waals surface area contributed by atoms with Crippen LogP contribution in [0, 0.1) is 0 Å². The molecule has 0 bridgehead atoms. The third-order valence-corrected chi connectivity index (χ3v) is 4.86. The van der Waals surface area contributed by atoms with Crippen LogP contribution in [0.5, 0.6) is 0 Å². The van der Waals surface area contributed by atoms with Crippen molar-refractivity contribution in [2.45, 2.75) is 12.7 Å². The Labute approximate surface area is 182 Å². The molecule has 1 saturated heterocycles. The van der Waals surface area contributed by atoms with Gasteiger partial charge in [0.05, 0.1) is 42.4 Å². The third kappa shape index (κ3) is 5.35. The second-order valence-corrected chi connectivity index (χ2v) is 7.13. The lowest BCUT2D eigenvalue weighted by Crippen LogP contribution is -2.37. The monoisotopic (exact) mass is 446 g/mol. The summed E-state index contributed by atoms with van der Waals surface area (Å²) >= 11 is 0. The number of ether oxygens (including phenoxy) is 1. The molecule has 0 aliphatic carbocycles. The van der Waals surface area contributed by atoms with Crippen molar-refractivity contribution in [1.82, 2.24) is 14.8 Å². The van der Waals surface area contributed by atoms with Gasteiger partial charge in [0.15, 0.2) is 5.82 Å². The molecule has 3 heterocycles. The minimum atomic E-state index is -4.53. The highest BCUT2D eigenvalue weighted by molar-refractivity contribution is 6.01. The van der Waals surface area contributed by atoms with Gasteiger partial charge < -0.3 is 15.0 Å². The van der Waals surface area contributed by atoms with Crippen LogP contribution < -0.4 is 15.5 Å². The zero-order chi connectivity index (χ0) is 22.6. The highest BCUT2D eigenvalue weighted by atomic mass is 19.4. The molecule has 1 aliphatic heterocycles. The van der Waals surface area contributed by atoms with Crippen LogP contribution in [0.1, 0.15) is 11.3 Å². The maximum absolute atomic E-state index is 13.2. The first-order valence-corrected chi connectivity index (χ1v) is 9.94. The maximum Gasteiger partial charge on any atom is 0.416 e. The number of carbonyl (C=O) groups is 1. The van der Waals surface area contributed by atoms with Crippen LogP contribution in [0.4, 0.5) is 35.2 Å². The third-order valence-electron chi connectivity index (χ3n) is 4.86. The Hall–Kier alpha value is -3.60. The predicted molar refractivity (Wildman–Crippen MR) is 113 cm³/mol. The summed E-state index contributed by atoms with van der Waals surface area (Å²) in [6.45, 7) is 2.36. The highest BCUT2D eigenvalue weighted by Crippen LogP contribution is 2.35. The summed E-state index contributed by atoms with van der Waals surface area (Å²) in [5.41, 5.74) is 0.513. The molecule has 1 aliphatic rings. The van der Waals surface area contributed by atoms with Crippen LogP contribution in [0.25, 0.3) is 0 Å². The predicted octanol–water partition coefficient (Wildman–Crippen LogP) is 3.83. The van der Waals surface area contributed by atoms with Gasteiger partial charge in [0.1, 0.15) is 0 Å². The molecule has 1 fully saturated rings. The molecule has 2 amide bonds. The van der Waals surface area contributed by atoms with Crippen LogP contribution in [-0.4, -0.2) is 47.1 Å². The van der Waals surface area contributed by atoms with Gasteiger partial charge in [0.2, 0.25) is 0 Å². The summed E-state index contributed by atoms with van der Waals surface area (Å²) in [6, 6.07) is 9.73. The minimum absolute atomic E-state index is 0.0622. The summed E-state index contributed by atoms with van der Waals surface area (Å²) in [5.74, 6) is 0.262. The fourth-order valence-electron chi connectivity index (χ4n) is 3.34. The van der Waals surface area contributed by atoms with Crippen molar-refractivity contribution in [3.05, 3.63) is 66.1 Å². The second kappa shape index (κ2) is 9.27. The molecule has 2 aromatic heterocycles. The lowest BCUT2D eigenvalue weighted by molar-refractivity contribution is -0.137. The van der Waals surface area contributed by atoms with Crippen LogP contribution in [0.2, 0.25) is 0 Å². The first kappa shape index (κ1) is 21.6. The van der Waals surface area contributed by atoms with Crippen LogP contribution in [0.3, 0.4) is 0 Å². The number of morpholine rings is 1. The van der Waals surface area contributed by atoms with E-state index in [1.165, 1.54) is 6.07 Å². The number of alkyl halides is 3. The van der Waals surface area contributed by atoms with Crippen molar-refractivity contribution in [3.8, 4) is 0 Å². The number of hydrogen-bond donors (Lipinski definition) is 2. The molecular weight excluding hydrogens is 425 g/mol. The zero-order valence-corrected chi connectivity index (χ0v) is 17.0. The fourth-order valence-corrected chi connectivity index (χ4v) is 3.34. The number of anilines is 3. The first-order valence-electron chi connectivity index (χ1n) is 9.94. The van der Waals surface area contributed by atoms with E-state index in [0.717, 1.165) is 17.8 Å². The Morgan fingerprint density at radius 2 is 1.91 bits per heavy atom. The molecular formula is C21H21F3N6O2. The summed E-state index contributed by atoms with van der Waals surface area (Å²) in [7, 11) is 0. The lowest BCUT2D eigenvalue weighted by Gasteiger charge is -2.31. The lowest BCUT2D eigenvalue weighted by atomic mass is 10.1. The van der Waals surface area contributed by atoms with E-state index in [4.69, 9.17) is 4.74 Å². The molecule has 4 rings (SSSR count). The van der Waals surface area contributed by atoms with Gasteiger partial charge in [-0.05, 0) is 30.3 Å². The molecule has 11 heteroatoms. The maximum atomic E-state index is 13.2. The van der Waals surface area contributed by atoms with E-state index >= 15 is 0 Å². The number of rotatable bonds is 5. The summed E-state index contributed by atoms with van der Waals surface area (Å²) in [5, 5.41) is 9.35. The number of urea groups is 1. The Kier molecular flexibility index (Phi) is 6.26. The fraction of sp³-hybridized carbons (Fsp3) is 0.286. The Bertz CT molecular complexity index is 1060. The van der Waals surface area contributed by atoms with Gasteiger partial charge in [-0.2, -0.15) is 18.3 Å². The molecule has 2 N–H and O–H groups in total. The van der Waals surface area contributed by atoms with Crippen molar-refractivity contribution in [2.75, 3.05) is 41.8 Å². The normalized spacial score (nSPS) is 14.3. The SMILES string of the molecule is O=C(Nc1ccn(Cc2ccccn2)n1)Nc1cc(C(F)(F)F)ccc1N1CCOCC1. The summed E-state index contributed by atoms with van der Waals surface area (Å²) in [6.07, 6.45) is -1.18. The molecule has 0 spiro atoms. The van der Waals surface area contributed by atoms with Crippen molar-refractivity contribution in [3.63, 3.8) is 0 Å². The second-order valence-electron chi connectivity index (χ2n) is 7.13. The number of halogens is 3. The number of hydrogen-bond acceptors (Lipinski definition) is 5. The highest BCUT2D eigenvalue weighted by Gasteiger charge is 2.32. The average Bonchev–Trinajstić information content (AvgIpc) is 3.21. The van der Waals surface area contributed by atoms with E-state index in [1.807, 2.05) is 23.1 Å². The average molecular weight is 446 g/mol. The van der Waals surface area contributed by atoms with E-state index < -0.39 is 17.8 Å². The Balaban J connectivity index is 1.48. The van der Waals surface area contributed by atoms with Crippen molar-refractivity contribution >= 4 is 23.2 Å². The Morgan fingerprint density at radius 3 is 2.62 bits per heavy atom. The molecule has 0 atom stereocenters. The molecule has 0 unspecified atom stereocenters. The van der Waals surface area contributed by atoms with Gasteiger partial charge in [-0.15, -0.1) is 0 Å². The number of pyridine rings is 1. The van der Waals surface area contributed by atoms with Crippen LogP contribution in [0.15, 0.2) is 54.9 Å². The van der Waals surface area contributed by atoms with Gasteiger partial charge in [-0.25, -0.2) is 4.79 Å². The molecule has 32 heavy (non-hydrogen) atoms. The van der Waals surface area contributed by atoms with Crippen molar-refractivity contribution in [1.29, 1.82) is 0 Å². The molecule has 3 aromatic rings. The van der Waals surface area contributed by atoms with E-state index in [9.17, 15) is 18.0 Å². The largest absolute Gasteiger partial charge is 0.416 e. The first-order chi connectivity index (χ1) is 15.4. The number of nitrogens with one attached hydrogen (secondary N) is 2. The number of carbonyl (C=O) groups excluding carboxylic acids is 1. The quantitative estimate of drug-likeness (QED) is 0.623. The Morgan fingerprint density at radius 1 is 1.09 bits per heavy atom. The number of nitrogens with zero attached hydrogens (tertiary/aromatic N) is 4. The van der Waals surface area contributed by atoms with Gasteiger partial charge in [-0.3, -0.25) is 15.0 Å². The smallest absolute Gasteiger partial charge is 0.378 e. The number of amides is 2. The molecule has 0 saturated carbocycles. The van der Waals surface area contributed by atoms with Gasteiger partial charge in [0.25, 0.3) is 0 Å². The molecule has 1 aromatic carbocycles. The minimum Gasteiger partial charge on any atom is -0.378 e. The summed E-state index contributed by atoms with van der Waals surface area (Å²) in [4.78, 5) is 18.6. The van der Waals surface area contributed by atoms with E-state index in [1.54, 1.807) is 23.1 Å². The van der Waals surface area contributed by atoms with Crippen LogP contribution in [-0.2, 0) is 17.5 Å². The molecule has 8 nitrogen and oxygen atoms in total. The summed E-state index contributed by atoms with van der Waals surface area (Å²) < 4.78 is 46.6. The molecule has 168 valence electrons. The molecule has 0 radical (unpaired) electrons. The van der Waals surface area contributed by atoms with E-state index in [2.05, 4.69) is 20.7 Å². The van der Waals surface area contributed by atoms with Crippen LogP contribution >= 0.6 is 0 Å². The van der Waals surface area contributed by atoms with Gasteiger partial charge in [-0.1, -0.05) is 6.07 Å². The topological polar surface area (TPSA) is 84.3 Å². The van der Waals surface area contributed by atoms with E-state index in [0.29, 0.717) is 38.5 Å². The number of aromatic nitrogens is 3. The van der Waals surface area contributed by atoms with E-state index in [-0.39, 0.29) is 11.5 Å². The zero-order valence-electron chi connectivity index (χ0n) is 17.0. The van der Waals surface area contributed by atoms with Crippen molar-refractivity contribution in [2.24, 2.45) is 0 Å².